The van der Waals surface area contributed by atoms with Gasteiger partial charge in [0.25, 0.3) is 0 Å². The number of nitrogens with zero attached hydrogens (tertiary/aromatic N) is 2. The van der Waals surface area contributed by atoms with Crippen molar-refractivity contribution < 1.29 is 5.11 Å². The van der Waals surface area contributed by atoms with Crippen LogP contribution < -0.4 is 0 Å². The topological polar surface area (TPSA) is 46.0 Å². The predicted molar refractivity (Wildman–Crippen MR) is 121 cm³/mol. The smallest absolute Gasteiger partial charge is 0.159 e. The number of unbranched alkanes of at least 4 members (excludes halogenated alkanes) is 7. The van der Waals surface area contributed by atoms with E-state index in [0.717, 1.165) is 28.9 Å². The van der Waals surface area contributed by atoms with Crippen molar-refractivity contribution in [3.05, 3.63) is 66.5 Å². The Labute approximate surface area is 174 Å². The van der Waals surface area contributed by atoms with E-state index in [1.807, 2.05) is 24.5 Å². The van der Waals surface area contributed by atoms with E-state index in [-0.39, 0.29) is 5.75 Å². The van der Waals surface area contributed by atoms with E-state index in [9.17, 15) is 5.11 Å². The van der Waals surface area contributed by atoms with Crippen molar-refractivity contribution in [1.82, 2.24) is 9.97 Å². The highest BCUT2D eigenvalue weighted by Crippen LogP contribution is 2.23. The molecule has 1 heterocycles. The third-order valence-corrected chi connectivity index (χ3v) is 5.38. The molecule has 0 atom stereocenters. The maximum Gasteiger partial charge on any atom is 0.159 e. The van der Waals surface area contributed by atoms with Gasteiger partial charge in [0.15, 0.2) is 5.82 Å². The first-order valence-electron chi connectivity index (χ1n) is 11.0. The SMILES string of the molecule is CCCCCCCCCCc1ccc(-c2ncc(-c3ccc(O)cc3)cn2)cc1. The first-order chi connectivity index (χ1) is 14.3. The number of aromatic hydroxyl groups is 1. The van der Waals surface area contributed by atoms with Crippen LogP contribution in [0.2, 0.25) is 0 Å². The normalized spacial score (nSPS) is 10.9. The summed E-state index contributed by atoms with van der Waals surface area (Å²) in [5, 5.41) is 9.41. The van der Waals surface area contributed by atoms with Crippen molar-refractivity contribution in [2.45, 2.75) is 64.7 Å². The van der Waals surface area contributed by atoms with Crippen molar-refractivity contribution in [2.24, 2.45) is 0 Å². The Hall–Kier alpha value is -2.68. The maximum atomic E-state index is 9.41. The monoisotopic (exact) mass is 388 g/mol. The molecular formula is C26H32N2O. The van der Waals surface area contributed by atoms with Crippen LogP contribution in [-0.4, -0.2) is 15.1 Å². The summed E-state index contributed by atoms with van der Waals surface area (Å²) in [6.07, 6.45) is 15.7. The van der Waals surface area contributed by atoms with Gasteiger partial charge in [0.05, 0.1) is 0 Å². The first-order valence-corrected chi connectivity index (χ1v) is 11.0. The molecule has 0 spiro atoms. The van der Waals surface area contributed by atoms with Crippen LogP contribution in [0.25, 0.3) is 22.5 Å². The van der Waals surface area contributed by atoms with Crippen LogP contribution in [0.3, 0.4) is 0 Å². The Balaban J connectivity index is 1.46. The number of aromatic nitrogens is 2. The summed E-state index contributed by atoms with van der Waals surface area (Å²) in [5.74, 6) is 1.00. The number of rotatable bonds is 11. The van der Waals surface area contributed by atoms with Crippen molar-refractivity contribution in [3.8, 4) is 28.3 Å². The number of phenolic OH excluding ortho intramolecular Hbond substituents is 1. The lowest BCUT2D eigenvalue weighted by molar-refractivity contribution is 0.475. The van der Waals surface area contributed by atoms with Gasteiger partial charge in [-0.2, -0.15) is 0 Å². The summed E-state index contributed by atoms with van der Waals surface area (Å²) < 4.78 is 0. The fourth-order valence-electron chi connectivity index (χ4n) is 3.56. The fourth-order valence-corrected chi connectivity index (χ4v) is 3.56. The minimum Gasteiger partial charge on any atom is -0.508 e. The van der Waals surface area contributed by atoms with Crippen LogP contribution in [0.5, 0.6) is 5.75 Å². The third-order valence-electron chi connectivity index (χ3n) is 5.38. The Morgan fingerprint density at radius 1 is 0.621 bits per heavy atom. The highest BCUT2D eigenvalue weighted by atomic mass is 16.3. The Morgan fingerprint density at radius 3 is 1.79 bits per heavy atom. The lowest BCUT2D eigenvalue weighted by atomic mass is 10.0. The van der Waals surface area contributed by atoms with E-state index in [4.69, 9.17) is 0 Å². The minimum absolute atomic E-state index is 0.262. The third kappa shape index (κ3) is 6.70. The molecule has 3 aromatic rings. The Morgan fingerprint density at radius 2 is 1.17 bits per heavy atom. The highest BCUT2D eigenvalue weighted by Gasteiger charge is 2.04. The van der Waals surface area contributed by atoms with Crippen LogP contribution in [0.1, 0.15) is 63.9 Å². The summed E-state index contributed by atoms with van der Waals surface area (Å²) in [6, 6.07) is 15.7. The van der Waals surface area contributed by atoms with Gasteiger partial charge in [-0.25, -0.2) is 9.97 Å². The predicted octanol–water partition coefficient (Wildman–Crippen LogP) is 7.20. The molecule has 152 valence electrons. The molecule has 3 rings (SSSR count). The zero-order valence-electron chi connectivity index (χ0n) is 17.5. The fraction of sp³-hybridized carbons (Fsp3) is 0.385. The van der Waals surface area contributed by atoms with Gasteiger partial charge in [0, 0.05) is 23.5 Å². The molecule has 29 heavy (non-hydrogen) atoms. The van der Waals surface area contributed by atoms with Crippen LogP contribution in [-0.2, 0) is 6.42 Å². The van der Waals surface area contributed by atoms with E-state index in [0.29, 0.717) is 0 Å². The average Bonchev–Trinajstić information content (AvgIpc) is 2.77. The molecule has 0 saturated carbocycles. The zero-order valence-corrected chi connectivity index (χ0v) is 17.5. The largest absolute Gasteiger partial charge is 0.508 e. The molecule has 0 unspecified atom stereocenters. The van der Waals surface area contributed by atoms with Crippen molar-refractivity contribution in [2.75, 3.05) is 0 Å². The van der Waals surface area contributed by atoms with Crippen LogP contribution >= 0.6 is 0 Å². The van der Waals surface area contributed by atoms with Crippen molar-refractivity contribution in [3.63, 3.8) is 0 Å². The Bertz CT molecular complexity index is 839. The summed E-state index contributed by atoms with van der Waals surface area (Å²) in [6.45, 7) is 2.27. The minimum atomic E-state index is 0.262. The van der Waals surface area contributed by atoms with Gasteiger partial charge in [0.2, 0.25) is 0 Å². The molecule has 0 bridgehead atoms. The average molecular weight is 389 g/mol. The van der Waals surface area contributed by atoms with Gasteiger partial charge in [-0.1, -0.05) is 88.3 Å². The second-order valence-corrected chi connectivity index (χ2v) is 7.76. The van der Waals surface area contributed by atoms with E-state index < -0.39 is 0 Å². The van der Waals surface area contributed by atoms with Crippen molar-refractivity contribution in [1.29, 1.82) is 0 Å². The van der Waals surface area contributed by atoms with Crippen LogP contribution in [0.15, 0.2) is 60.9 Å². The molecule has 0 saturated heterocycles. The molecule has 0 fully saturated rings. The van der Waals surface area contributed by atoms with Crippen LogP contribution in [0.4, 0.5) is 0 Å². The molecule has 0 aliphatic carbocycles. The molecule has 0 aliphatic heterocycles. The van der Waals surface area contributed by atoms with E-state index >= 15 is 0 Å². The molecule has 3 heteroatoms. The molecule has 0 aliphatic rings. The summed E-state index contributed by atoms with van der Waals surface area (Å²) in [4.78, 5) is 9.04. The quantitative estimate of drug-likeness (QED) is 0.353. The lowest BCUT2D eigenvalue weighted by Crippen LogP contribution is -1.91. The first kappa shape index (κ1) is 21.0. The van der Waals surface area contributed by atoms with Gasteiger partial charge in [-0.15, -0.1) is 0 Å². The van der Waals surface area contributed by atoms with Crippen LogP contribution in [0, 0.1) is 0 Å². The van der Waals surface area contributed by atoms with Gasteiger partial charge in [-0.05, 0) is 36.1 Å². The van der Waals surface area contributed by atoms with Gasteiger partial charge < -0.3 is 5.11 Å². The second-order valence-electron chi connectivity index (χ2n) is 7.76. The number of hydrogen-bond donors (Lipinski definition) is 1. The molecule has 1 N–H and O–H groups in total. The highest BCUT2D eigenvalue weighted by molar-refractivity contribution is 5.64. The second kappa shape index (κ2) is 11.4. The van der Waals surface area contributed by atoms with Crippen molar-refractivity contribution >= 4 is 0 Å². The summed E-state index contributed by atoms with van der Waals surface area (Å²) in [7, 11) is 0. The van der Waals surface area contributed by atoms with E-state index in [1.165, 1.54) is 56.9 Å². The van der Waals surface area contributed by atoms with Gasteiger partial charge in [0.1, 0.15) is 5.75 Å². The molecule has 0 amide bonds. The summed E-state index contributed by atoms with van der Waals surface area (Å²) >= 11 is 0. The maximum absolute atomic E-state index is 9.41. The molecule has 1 aromatic heterocycles. The standard InChI is InChI=1S/C26H32N2O/c1-2-3-4-5-6-7-8-9-10-21-11-13-23(14-12-21)26-27-19-24(20-28-26)22-15-17-25(29)18-16-22/h11-20,29H,2-10H2,1H3. The number of hydrogen-bond acceptors (Lipinski definition) is 3. The number of phenols is 1. The zero-order chi connectivity index (χ0) is 20.3. The molecule has 3 nitrogen and oxygen atoms in total. The summed E-state index contributed by atoms with van der Waals surface area (Å²) in [5.41, 5.74) is 4.37. The molecule has 2 aromatic carbocycles. The lowest BCUT2D eigenvalue weighted by Gasteiger charge is -2.06. The molecule has 0 radical (unpaired) electrons. The molecular weight excluding hydrogens is 356 g/mol. The Kier molecular flexibility index (Phi) is 8.24. The number of benzene rings is 2. The number of aryl methyl sites for hydroxylation is 1. The van der Waals surface area contributed by atoms with E-state index in [2.05, 4.69) is 41.2 Å². The van der Waals surface area contributed by atoms with Gasteiger partial charge in [-0.3, -0.25) is 0 Å². The van der Waals surface area contributed by atoms with E-state index in [1.54, 1.807) is 12.1 Å². The van der Waals surface area contributed by atoms with Gasteiger partial charge >= 0.3 is 0 Å².